The monoisotopic (exact) mass is 238 g/mol. The van der Waals surface area contributed by atoms with Crippen LogP contribution in [0.25, 0.3) is 0 Å². The molecule has 0 aliphatic rings. The lowest BCUT2D eigenvalue weighted by molar-refractivity contribution is 0.477. The Morgan fingerprint density at radius 2 is 1.78 bits per heavy atom. The van der Waals surface area contributed by atoms with Gasteiger partial charge in [0.05, 0.1) is 17.3 Å². The average Bonchev–Trinajstić information content (AvgIpc) is 2.35. The van der Waals surface area contributed by atoms with Gasteiger partial charge >= 0.3 is 0 Å². The van der Waals surface area contributed by atoms with Crippen molar-refractivity contribution >= 4 is 5.69 Å². The standard InChI is InChI=1S/C15H14N2O/c1-10-4-3-5-11(2)15(10)18-14-7-6-12(9-16)8-13(14)17/h3-8H,17H2,1-2H3. The molecule has 0 saturated heterocycles. The highest BCUT2D eigenvalue weighted by Crippen LogP contribution is 2.32. The zero-order chi connectivity index (χ0) is 13.1. The van der Waals surface area contributed by atoms with Gasteiger partial charge in [-0.25, -0.2) is 0 Å². The summed E-state index contributed by atoms with van der Waals surface area (Å²) in [5, 5.41) is 8.78. The molecule has 0 amide bonds. The molecule has 90 valence electrons. The molecule has 0 aliphatic carbocycles. The van der Waals surface area contributed by atoms with Crippen LogP contribution in [0.4, 0.5) is 5.69 Å². The van der Waals surface area contributed by atoms with E-state index in [0.717, 1.165) is 16.9 Å². The number of benzene rings is 2. The van der Waals surface area contributed by atoms with Crippen molar-refractivity contribution in [1.29, 1.82) is 5.26 Å². The number of hydrogen-bond acceptors (Lipinski definition) is 3. The van der Waals surface area contributed by atoms with Gasteiger partial charge in [0.1, 0.15) is 11.5 Å². The maximum atomic E-state index is 8.78. The van der Waals surface area contributed by atoms with E-state index in [1.165, 1.54) is 0 Å². The maximum absolute atomic E-state index is 8.78. The van der Waals surface area contributed by atoms with Crippen molar-refractivity contribution in [1.82, 2.24) is 0 Å². The summed E-state index contributed by atoms with van der Waals surface area (Å²) >= 11 is 0. The number of anilines is 1. The Morgan fingerprint density at radius 3 is 2.33 bits per heavy atom. The number of hydrogen-bond donors (Lipinski definition) is 1. The summed E-state index contributed by atoms with van der Waals surface area (Å²) in [6.07, 6.45) is 0. The van der Waals surface area contributed by atoms with Gasteiger partial charge in [-0.1, -0.05) is 18.2 Å². The SMILES string of the molecule is Cc1cccc(C)c1Oc1ccc(C#N)cc1N. The van der Waals surface area contributed by atoms with Crippen LogP contribution in [0.3, 0.4) is 0 Å². The van der Waals surface area contributed by atoms with Crippen LogP contribution in [0.5, 0.6) is 11.5 Å². The molecule has 0 aliphatic heterocycles. The number of ether oxygens (including phenoxy) is 1. The lowest BCUT2D eigenvalue weighted by Crippen LogP contribution is -1.95. The molecule has 2 aromatic rings. The van der Waals surface area contributed by atoms with E-state index in [2.05, 4.69) is 0 Å². The quantitative estimate of drug-likeness (QED) is 0.814. The Morgan fingerprint density at radius 1 is 1.11 bits per heavy atom. The van der Waals surface area contributed by atoms with E-state index in [1.807, 2.05) is 38.1 Å². The van der Waals surface area contributed by atoms with Gasteiger partial charge in [0.25, 0.3) is 0 Å². The normalized spacial score (nSPS) is 9.83. The molecule has 0 fully saturated rings. The van der Waals surface area contributed by atoms with Crippen LogP contribution >= 0.6 is 0 Å². The molecule has 0 heterocycles. The van der Waals surface area contributed by atoms with E-state index in [1.54, 1.807) is 18.2 Å². The number of rotatable bonds is 2. The third-order valence-electron chi connectivity index (χ3n) is 2.76. The van der Waals surface area contributed by atoms with Crippen molar-refractivity contribution in [2.75, 3.05) is 5.73 Å². The second-order valence-electron chi connectivity index (χ2n) is 4.19. The van der Waals surface area contributed by atoms with Crippen LogP contribution in [0.2, 0.25) is 0 Å². The zero-order valence-corrected chi connectivity index (χ0v) is 10.4. The maximum Gasteiger partial charge on any atom is 0.150 e. The first-order valence-electron chi connectivity index (χ1n) is 5.65. The van der Waals surface area contributed by atoms with Gasteiger partial charge in [-0.05, 0) is 43.2 Å². The van der Waals surface area contributed by atoms with Crippen molar-refractivity contribution in [3.8, 4) is 17.6 Å². The summed E-state index contributed by atoms with van der Waals surface area (Å²) in [7, 11) is 0. The summed E-state index contributed by atoms with van der Waals surface area (Å²) in [4.78, 5) is 0. The Kier molecular flexibility index (Phi) is 3.20. The fourth-order valence-corrected chi connectivity index (χ4v) is 1.78. The Balaban J connectivity index is 2.38. The molecule has 0 radical (unpaired) electrons. The van der Waals surface area contributed by atoms with Crippen molar-refractivity contribution in [2.45, 2.75) is 13.8 Å². The molecular weight excluding hydrogens is 224 g/mol. The molecule has 0 atom stereocenters. The largest absolute Gasteiger partial charge is 0.455 e. The number of nitrogens with zero attached hydrogens (tertiary/aromatic N) is 1. The number of nitriles is 1. The van der Waals surface area contributed by atoms with Crippen molar-refractivity contribution < 1.29 is 4.74 Å². The molecule has 2 N–H and O–H groups in total. The van der Waals surface area contributed by atoms with Gasteiger partial charge in [0.2, 0.25) is 0 Å². The second-order valence-corrected chi connectivity index (χ2v) is 4.19. The minimum atomic E-state index is 0.469. The van der Waals surface area contributed by atoms with Crippen LogP contribution < -0.4 is 10.5 Å². The molecule has 3 heteroatoms. The first-order valence-corrected chi connectivity index (χ1v) is 5.65. The van der Waals surface area contributed by atoms with Gasteiger partial charge in [0, 0.05) is 0 Å². The molecular formula is C15H14N2O. The highest BCUT2D eigenvalue weighted by molar-refractivity contribution is 5.58. The van der Waals surface area contributed by atoms with Crippen LogP contribution in [-0.4, -0.2) is 0 Å². The molecule has 0 aromatic heterocycles. The Bertz CT molecular complexity index is 607. The molecule has 3 nitrogen and oxygen atoms in total. The minimum absolute atomic E-state index is 0.469. The topological polar surface area (TPSA) is 59.0 Å². The highest BCUT2D eigenvalue weighted by atomic mass is 16.5. The van der Waals surface area contributed by atoms with Crippen LogP contribution in [0.1, 0.15) is 16.7 Å². The van der Waals surface area contributed by atoms with E-state index in [0.29, 0.717) is 17.0 Å². The minimum Gasteiger partial charge on any atom is -0.455 e. The van der Waals surface area contributed by atoms with Gasteiger partial charge in [-0.2, -0.15) is 5.26 Å². The third-order valence-corrected chi connectivity index (χ3v) is 2.76. The lowest BCUT2D eigenvalue weighted by atomic mass is 10.1. The van der Waals surface area contributed by atoms with E-state index in [-0.39, 0.29) is 0 Å². The molecule has 0 saturated carbocycles. The lowest BCUT2D eigenvalue weighted by Gasteiger charge is -2.13. The molecule has 0 bridgehead atoms. The predicted molar refractivity (Wildman–Crippen MR) is 71.6 cm³/mol. The van der Waals surface area contributed by atoms with Crippen LogP contribution in [0, 0.1) is 25.2 Å². The zero-order valence-electron chi connectivity index (χ0n) is 10.4. The number of nitrogen functional groups attached to an aromatic ring is 1. The van der Waals surface area contributed by atoms with Gasteiger partial charge in [-0.3, -0.25) is 0 Å². The van der Waals surface area contributed by atoms with Crippen LogP contribution in [-0.2, 0) is 0 Å². The first-order chi connectivity index (χ1) is 8.61. The van der Waals surface area contributed by atoms with Crippen LogP contribution in [0.15, 0.2) is 36.4 Å². The van der Waals surface area contributed by atoms with E-state index in [4.69, 9.17) is 15.7 Å². The average molecular weight is 238 g/mol. The molecule has 18 heavy (non-hydrogen) atoms. The van der Waals surface area contributed by atoms with Gasteiger partial charge in [-0.15, -0.1) is 0 Å². The third kappa shape index (κ3) is 2.28. The molecule has 0 unspecified atom stereocenters. The molecule has 2 rings (SSSR count). The molecule has 2 aromatic carbocycles. The number of para-hydroxylation sites is 1. The summed E-state index contributed by atoms with van der Waals surface area (Å²) < 4.78 is 5.84. The summed E-state index contributed by atoms with van der Waals surface area (Å²) in [5.41, 5.74) is 8.98. The summed E-state index contributed by atoms with van der Waals surface area (Å²) in [5.74, 6) is 1.39. The second kappa shape index (κ2) is 4.80. The fourth-order valence-electron chi connectivity index (χ4n) is 1.78. The van der Waals surface area contributed by atoms with E-state index in [9.17, 15) is 0 Å². The molecule has 0 spiro atoms. The Labute approximate surface area is 106 Å². The smallest absolute Gasteiger partial charge is 0.150 e. The van der Waals surface area contributed by atoms with E-state index < -0.39 is 0 Å². The summed E-state index contributed by atoms with van der Waals surface area (Å²) in [6, 6.07) is 13.0. The van der Waals surface area contributed by atoms with Crippen molar-refractivity contribution in [3.63, 3.8) is 0 Å². The van der Waals surface area contributed by atoms with E-state index >= 15 is 0 Å². The van der Waals surface area contributed by atoms with Gasteiger partial charge in [0.15, 0.2) is 0 Å². The fraction of sp³-hybridized carbons (Fsp3) is 0.133. The number of nitrogens with two attached hydrogens (primary N) is 1. The van der Waals surface area contributed by atoms with Crippen molar-refractivity contribution in [3.05, 3.63) is 53.1 Å². The highest BCUT2D eigenvalue weighted by Gasteiger charge is 2.07. The first kappa shape index (κ1) is 12.0. The van der Waals surface area contributed by atoms with Crippen molar-refractivity contribution in [2.24, 2.45) is 0 Å². The Hall–Kier alpha value is -2.47. The number of aryl methyl sites for hydroxylation is 2. The predicted octanol–water partition coefficient (Wildman–Crippen LogP) is 3.55. The van der Waals surface area contributed by atoms with Gasteiger partial charge < -0.3 is 10.5 Å². The summed E-state index contributed by atoms with van der Waals surface area (Å²) in [6.45, 7) is 3.98.